The van der Waals surface area contributed by atoms with E-state index in [2.05, 4.69) is 63.9 Å². The van der Waals surface area contributed by atoms with Gasteiger partial charge in [-0.15, -0.1) is 0 Å². The molecule has 2 rings (SSSR count). The van der Waals surface area contributed by atoms with Gasteiger partial charge in [-0.2, -0.15) is 0 Å². The molecule has 0 aliphatic rings. The average molecular weight is 419 g/mol. The van der Waals surface area contributed by atoms with E-state index in [4.69, 9.17) is 16.3 Å². The molecule has 0 heterocycles. The molecule has 1 unspecified atom stereocenters. The Hall–Kier alpha value is -0.510. The summed E-state index contributed by atoms with van der Waals surface area (Å²) in [7, 11) is 1.70. The molecule has 0 bridgehead atoms. The highest BCUT2D eigenvalue weighted by Crippen LogP contribution is 2.37. The Labute approximate surface area is 141 Å². The molecule has 0 N–H and O–H groups in total. The lowest BCUT2D eigenvalue weighted by molar-refractivity contribution is 0.408. The maximum atomic E-state index is 6.17. The molecule has 0 fully saturated rings. The summed E-state index contributed by atoms with van der Waals surface area (Å²) >= 11 is 13.3. The molecule has 2 aromatic carbocycles. The quantitative estimate of drug-likeness (QED) is 0.538. The fourth-order valence-electron chi connectivity index (χ4n) is 2.31. The van der Waals surface area contributed by atoms with Crippen molar-refractivity contribution in [1.82, 2.24) is 0 Å². The zero-order chi connectivity index (χ0) is 14.9. The highest BCUT2D eigenvalue weighted by molar-refractivity contribution is 9.10. The highest BCUT2D eigenvalue weighted by Gasteiger charge is 2.15. The number of methoxy groups -OCH3 is 1. The number of aryl methyl sites for hydroxylation is 2. The van der Waals surface area contributed by atoms with Crippen LogP contribution in [-0.4, -0.2) is 7.11 Å². The monoisotopic (exact) mass is 416 g/mol. The van der Waals surface area contributed by atoms with Crippen molar-refractivity contribution in [2.45, 2.75) is 18.7 Å². The molecular formula is C16H15Br2ClO. The second-order valence-electron chi connectivity index (χ2n) is 4.72. The topological polar surface area (TPSA) is 9.23 Å². The maximum absolute atomic E-state index is 6.17. The van der Waals surface area contributed by atoms with Crippen LogP contribution in [0.4, 0.5) is 0 Å². The lowest BCUT2D eigenvalue weighted by atomic mass is 9.99. The van der Waals surface area contributed by atoms with Crippen molar-refractivity contribution in [2.75, 3.05) is 7.11 Å². The summed E-state index contributed by atoms with van der Waals surface area (Å²) in [5.74, 6) is 0.947. The Balaban J connectivity index is 2.42. The number of hydrogen-bond acceptors (Lipinski definition) is 1. The SMILES string of the molecule is COc1c(C)cc(C(Br)c2ccc(Br)c(Cl)c2)cc1C. The number of ether oxygens (including phenoxy) is 1. The molecule has 0 aliphatic carbocycles. The highest BCUT2D eigenvalue weighted by atomic mass is 79.9. The first-order chi connectivity index (χ1) is 9.43. The summed E-state index contributed by atoms with van der Waals surface area (Å²) in [6.45, 7) is 4.12. The van der Waals surface area contributed by atoms with Gasteiger partial charge in [0.25, 0.3) is 0 Å². The van der Waals surface area contributed by atoms with E-state index in [1.807, 2.05) is 12.1 Å². The molecule has 106 valence electrons. The van der Waals surface area contributed by atoms with Gasteiger partial charge in [-0.1, -0.05) is 45.7 Å². The van der Waals surface area contributed by atoms with Gasteiger partial charge in [-0.3, -0.25) is 0 Å². The molecule has 0 amide bonds. The summed E-state index contributed by atoms with van der Waals surface area (Å²) < 4.78 is 6.32. The van der Waals surface area contributed by atoms with Gasteiger partial charge >= 0.3 is 0 Å². The average Bonchev–Trinajstić information content (AvgIpc) is 2.40. The zero-order valence-electron chi connectivity index (χ0n) is 11.5. The van der Waals surface area contributed by atoms with Crippen molar-refractivity contribution in [3.05, 3.63) is 62.1 Å². The van der Waals surface area contributed by atoms with Gasteiger partial charge in [0.15, 0.2) is 0 Å². The molecule has 0 saturated heterocycles. The Morgan fingerprint density at radius 1 is 1.05 bits per heavy atom. The maximum Gasteiger partial charge on any atom is 0.124 e. The van der Waals surface area contributed by atoms with Crippen LogP contribution in [0.15, 0.2) is 34.8 Å². The lowest BCUT2D eigenvalue weighted by Gasteiger charge is -2.16. The van der Waals surface area contributed by atoms with Gasteiger partial charge in [0.2, 0.25) is 0 Å². The number of benzene rings is 2. The van der Waals surface area contributed by atoms with Crippen molar-refractivity contribution < 1.29 is 4.74 Å². The van der Waals surface area contributed by atoms with E-state index in [1.54, 1.807) is 7.11 Å². The van der Waals surface area contributed by atoms with Gasteiger partial charge < -0.3 is 4.74 Å². The number of rotatable bonds is 3. The molecule has 1 atom stereocenters. The summed E-state index contributed by atoms with van der Waals surface area (Å²) in [5, 5.41) is 0.717. The van der Waals surface area contributed by atoms with Crippen LogP contribution in [-0.2, 0) is 0 Å². The van der Waals surface area contributed by atoms with Crippen molar-refractivity contribution in [3.8, 4) is 5.75 Å². The van der Waals surface area contributed by atoms with Crippen LogP contribution in [0.5, 0.6) is 5.75 Å². The van der Waals surface area contributed by atoms with E-state index < -0.39 is 0 Å². The third-order valence-corrected chi connectivity index (χ3v) is 5.51. The van der Waals surface area contributed by atoms with Crippen LogP contribution in [0.3, 0.4) is 0 Å². The predicted molar refractivity (Wildman–Crippen MR) is 92.4 cm³/mol. The molecule has 0 aliphatic heterocycles. The minimum absolute atomic E-state index is 0.108. The molecule has 0 aromatic heterocycles. The normalized spacial score (nSPS) is 12.3. The van der Waals surface area contributed by atoms with E-state index in [9.17, 15) is 0 Å². The first-order valence-electron chi connectivity index (χ1n) is 6.18. The van der Waals surface area contributed by atoms with E-state index in [0.717, 1.165) is 26.9 Å². The van der Waals surface area contributed by atoms with Gasteiger partial charge in [0.05, 0.1) is 17.0 Å². The van der Waals surface area contributed by atoms with E-state index in [-0.39, 0.29) is 4.83 Å². The third-order valence-electron chi connectivity index (χ3n) is 3.22. The van der Waals surface area contributed by atoms with Crippen LogP contribution in [0.2, 0.25) is 5.02 Å². The standard InChI is InChI=1S/C16H15Br2ClO/c1-9-6-12(7-10(2)16(9)20-3)15(18)11-4-5-13(17)14(19)8-11/h4-8,15H,1-3H3. The van der Waals surface area contributed by atoms with E-state index in [1.165, 1.54) is 5.56 Å². The Morgan fingerprint density at radius 2 is 1.65 bits per heavy atom. The van der Waals surface area contributed by atoms with E-state index in [0.29, 0.717) is 5.02 Å². The summed E-state index contributed by atoms with van der Waals surface area (Å²) in [5.41, 5.74) is 4.59. The van der Waals surface area contributed by atoms with Crippen LogP contribution in [0.25, 0.3) is 0 Å². The lowest BCUT2D eigenvalue weighted by Crippen LogP contribution is -1.98. The largest absolute Gasteiger partial charge is 0.496 e. The van der Waals surface area contributed by atoms with E-state index >= 15 is 0 Å². The third kappa shape index (κ3) is 3.21. The summed E-state index contributed by atoms with van der Waals surface area (Å²) in [6.07, 6.45) is 0. The smallest absolute Gasteiger partial charge is 0.124 e. The van der Waals surface area contributed by atoms with Crippen LogP contribution in [0, 0.1) is 13.8 Å². The molecule has 0 spiro atoms. The van der Waals surface area contributed by atoms with Crippen molar-refractivity contribution in [1.29, 1.82) is 0 Å². The molecule has 20 heavy (non-hydrogen) atoms. The first-order valence-corrected chi connectivity index (χ1v) is 8.27. The second kappa shape index (κ2) is 6.50. The molecule has 0 radical (unpaired) electrons. The van der Waals surface area contributed by atoms with Crippen LogP contribution >= 0.6 is 43.5 Å². The fraction of sp³-hybridized carbons (Fsp3) is 0.250. The Morgan fingerprint density at radius 3 is 2.15 bits per heavy atom. The first kappa shape index (κ1) is 15.9. The van der Waals surface area contributed by atoms with Crippen molar-refractivity contribution >= 4 is 43.5 Å². The van der Waals surface area contributed by atoms with Crippen LogP contribution in [0.1, 0.15) is 27.1 Å². The zero-order valence-corrected chi connectivity index (χ0v) is 15.4. The Bertz CT molecular complexity index is 617. The second-order valence-corrected chi connectivity index (χ2v) is 6.90. The van der Waals surface area contributed by atoms with Crippen molar-refractivity contribution in [2.24, 2.45) is 0 Å². The van der Waals surface area contributed by atoms with Gasteiger partial charge in [0.1, 0.15) is 5.75 Å². The Kier molecular flexibility index (Phi) is 5.16. The fourth-order valence-corrected chi connectivity index (χ4v) is 3.30. The van der Waals surface area contributed by atoms with Gasteiger partial charge in [0, 0.05) is 4.47 Å². The number of halogens is 3. The summed E-state index contributed by atoms with van der Waals surface area (Å²) in [6, 6.07) is 10.3. The van der Waals surface area contributed by atoms with Crippen molar-refractivity contribution in [3.63, 3.8) is 0 Å². The molecule has 0 saturated carbocycles. The minimum Gasteiger partial charge on any atom is -0.496 e. The molecule has 2 aromatic rings. The molecular weight excluding hydrogens is 403 g/mol. The molecule has 4 heteroatoms. The number of alkyl halides is 1. The van der Waals surface area contributed by atoms with Crippen LogP contribution < -0.4 is 4.74 Å². The van der Waals surface area contributed by atoms with Gasteiger partial charge in [-0.25, -0.2) is 0 Å². The number of hydrogen-bond donors (Lipinski definition) is 0. The van der Waals surface area contributed by atoms with Gasteiger partial charge in [-0.05, 0) is 64.2 Å². The summed E-state index contributed by atoms with van der Waals surface area (Å²) in [4.78, 5) is 0.108. The predicted octanol–water partition coefficient (Wildman–Crippen LogP) is 6.21. The molecule has 1 nitrogen and oxygen atoms in total. The minimum atomic E-state index is 0.108.